The van der Waals surface area contributed by atoms with Gasteiger partial charge in [-0.3, -0.25) is 9.97 Å². The Kier molecular flexibility index (Phi) is 7.38. The van der Waals surface area contributed by atoms with Crippen LogP contribution in [0, 0.1) is 17.9 Å². The highest BCUT2D eigenvalue weighted by Gasteiger charge is 2.54. The molecule has 1 atom stereocenters. The molecular formula is C60H32N8O. The molecule has 1 spiro atoms. The van der Waals surface area contributed by atoms with Crippen LogP contribution >= 0.6 is 0 Å². The zero-order valence-corrected chi connectivity index (χ0v) is 36.5. The predicted molar refractivity (Wildman–Crippen MR) is 271 cm³/mol. The van der Waals surface area contributed by atoms with Crippen LogP contribution in [-0.4, -0.2) is 28.7 Å². The van der Waals surface area contributed by atoms with E-state index in [1.54, 1.807) is 6.20 Å². The van der Waals surface area contributed by atoms with Crippen LogP contribution in [0.2, 0.25) is 0 Å². The summed E-state index contributed by atoms with van der Waals surface area (Å²) < 4.78 is 14.2. The number of para-hydroxylation sites is 4. The van der Waals surface area contributed by atoms with Gasteiger partial charge in [0.2, 0.25) is 0 Å². The van der Waals surface area contributed by atoms with Gasteiger partial charge in [0.15, 0.2) is 0 Å². The monoisotopic (exact) mass is 880 g/mol. The van der Waals surface area contributed by atoms with E-state index in [-0.39, 0.29) is 0 Å². The number of pyridine rings is 3. The number of rotatable bonds is 3. The fourth-order valence-electron chi connectivity index (χ4n) is 11.8. The van der Waals surface area contributed by atoms with Gasteiger partial charge in [0.05, 0.1) is 84.8 Å². The number of fused-ring (bicyclic) bond motifs is 18. The zero-order valence-electron chi connectivity index (χ0n) is 36.5. The summed E-state index contributed by atoms with van der Waals surface area (Å²) in [6.45, 7) is 7.74. The van der Waals surface area contributed by atoms with Gasteiger partial charge in [0.25, 0.3) is 5.82 Å². The molecule has 9 heteroatoms. The lowest BCUT2D eigenvalue weighted by Crippen LogP contribution is -2.34. The molecule has 9 nitrogen and oxygen atoms in total. The normalized spacial score (nSPS) is 14.5. The number of aromatic nitrogens is 6. The second-order valence-corrected chi connectivity index (χ2v) is 17.8. The molecule has 0 N–H and O–H groups in total. The van der Waals surface area contributed by atoms with Crippen molar-refractivity contribution in [2.24, 2.45) is 0 Å². The summed E-state index contributed by atoms with van der Waals surface area (Å²) in [4.78, 5) is 18.8. The number of nitriles is 1. The molecule has 1 aliphatic carbocycles. The number of nitrogens with zero attached hydrogens (tertiary/aromatic N) is 8. The molecule has 0 saturated heterocycles. The molecule has 6 aromatic heterocycles. The van der Waals surface area contributed by atoms with Crippen LogP contribution in [0.3, 0.4) is 0 Å². The summed E-state index contributed by atoms with van der Waals surface area (Å²) in [5.74, 6) is 1.77. The Hall–Kier alpha value is -9.83. The van der Waals surface area contributed by atoms with Crippen LogP contribution in [0.5, 0.6) is 11.5 Å². The molecule has 7 aromatic carbocycles. The van der Waals surface area contributed by atoms with Crippen LogP contribution in [-0.2, 0) is 5.41 Å². The molecule has 7 heterocycles. The molecule has 15 rings (SSSR count). The van der Waals surface area contributed by atoms with E-state index < -0.39 is 5.41 Å². The Morgan fingerprint density at radius 3 is 1.83 bits per heavy atom. The van der Waals surface area contributed by atoms with Crippen molar-refractivity contribution < 1.29 is 4.74 Å². The second kappa shape index (κ2) is 13.6. The summed E-state index contributed by atoms with van der Waals surface area (Å²) in [7, 11) is 0. The van der Waals surface area contributed by atoms with Gasteiger partial charge in [-0.05, 0) is 84.4 Å². The standard InChI is InChI=1S/C60H32N8O/c1-62-56-31-43-41-15-5-6-17-47(41)66(53(43)34-64-56)36-24-25-44-55(30-36)69-54-22-10-21-52(68-49-19-8-2-12-38(49)39-13-3-9-20-50(39)68)57(54)60(44)45-16-11-27-63-58(45)59-46(60)29-37(33-65-59)67-48-18-7-4-14-40(48)42-28-35(32-61)23-26-51(42)67/h2-31,33-34H. The Bertz CT molecular complexity index is 4470. The van der Waals surface area contributed by atoms with Gasteiger partial charge in [0, 0.05) is 61.3 Å². The van der Waals surface area contributed by atoms with Gasteiger partial charge in [-0.2, -0.15) is 5.26 Å². The maximum absolute atomic E-state index is 9.98. The first-order valence-electron chi connectivity index (χ1n) is 22.8. The highest BCUT2D eigenvalue weighted by atomic mass is 16.5. The number of hydrogen-bond donors (Lipinski definition) is 0. The number of benzene rings is 7. The van der Waals surface area contributed by atoms with Crippen LogP contribution in [0.15, 0.2) is 195 Å². The predicted octanol–water partition coefficient (Wildman–Crippen LogP) is 14.1. The molecule has 1 aliphatic heterocycles. The van der Waals surface area contributed by atoms with E-state index in [1.807, 2.05) is 60.9 Å². The van der Waals surface area contributed by atoms with Crippen LogP contribution < -0.4 is 4.74 Å². The molecule has 318 valence electrons. The minimum absolute atomic E-state index is 0.352. The van der Waals surface area contributed by atoms with E-state index >= 15 is 0 Å². The van der Waals surface area contributed by atoms with Gasteiger partial charge >= 0.3 is 0 Å². The topological polar surface area (TPSA) is 90.8 Å². The third kappa shape index (κ3) is 4.82. The average Bonchev–Trinajstić information content (AvgIpc) is 4.12. The first-order chi connectivity index (χ1) is 34.1. The largest absolute Gasteiger partial charge is 0.457 e. The highest BCUT2D eigenvalue weighted by molar-refractivity contribution is 6.12. The zero-order chi connectivity index (χ0) is 45.5. The number of ether oxygens (including phenoxy) is 1. The van der Waals surface area contributed by atoms with Crippen molar-refractivity contribution in [3.63, 3.8) is 0 Å². The van der Waals surface area contributed by atoms with Crippen LogP contribution in [0.4, 0.5) is 5.82 Å². The van der Waals surface area contributed by atoms with E-state index in [1.165, 1.54) is 0 Å². The maximum Gasteiger partial charge on any atom is 0.270 e. The summed E-state index contributed by atoms with van der Waals surface area (Å²) >= 11 is 0. The lowest BCUT2D eigenvalue weighted by atomic mass is 9.65. The Morgan fingerprint density at radius 2 is 1.12 bits per heavy atom. The van der Waals surface area contributed by atoms with Crippen molar-refractivity contribution in [2.75, 3.05) is 0 Å². The quantitative estimate of drug-likeness (QED) is 0.165. The molecule has 0 bridgehead atoms. The fourth-order valence-corrected chi connectivity index (χ4v) is 11.8. The van der Waals surface area contributed by atoms with Crippen molar-refractivity contribution in [1.82, 2.24) is 28.7 Å². The maximum atomic E-state index is 9.98. The van der Waals surface area contributed by atoms with Gasteiger partial charge in [0.1, 0.15) is 17.7 Å². The van der Waals surface area contributed by atoms with Crippen molar-refractivity contribution in [1.29, 1.82) is 5.26 Å². The molecular weight excluding hydrogens is 849 g/mol. The van der Waals surface area contributed by atoms with E-state index in [2.05, 4.69) is 157 Å². The van der Waals surface area contributed by atoms with Crippen molar-refractivity contribution in [3.05, 3.63) is 234 Å². The van der Waals surface area contributed by atoms with E-state index in [0.717, 1.165) is 122 Å². The first-order valence-corrected chi connectivity index (χ1v) is 22.8. The molecule has 0 saturated carbocycles. The van der Waals surface area contributed by atoms with Gasteiger partial charge in [-0.25, -0.2) is 0 Å². The SMILES string of the molecule is [C-]#[N+]c1cc2c3ccccc3n(-c3ccc4c(c3)Oc3cccc(-n5c6ccccc6c6ccccc65)c3C43c4cccnc4-c4ncc(-n5c6ccccc6c6cc(C#N)ccc65)cc43)c2cn1. The van der Waals surface area contributed by atoms with Gasteiger partial charge in [-0.1, -0.05) is 97.6 Å². The first kappa shape index (κ1) is 37.4. The van der Waals surface area contributed by atoms with Crippen molar-refractivity contribution in [2.45, 2.75) is 5.41 Å². The Balaban J connectivity index is 1.07. The molecule has 0 amide bonds. The third-order valence-electron chi connectivity index (χ3n) is 14.5. The summed E-state index contributed by atoms with van der Waals surface area (Å²) in [6, 6.07) is 63.5. The molecule has 0 radical (unpaired) electrons. The van der Waals surface area contributed by atoms with E-state index in [4.69, 9.17) is 21.3 Å². The fraction of sp³-hybridized carbons (Fsp3) is 0.0167. The van der Waals surface area contributed by atoms with E-state index in [0.29, 0.717) is 17.1 Å². The highest BCUT2D eigenvalue weighted by Crippen LogP contribution is 2.63. The molecule has 0 fully saturated rings. The smallest absolute Gasteiger partial charge is 0.270 e. The lowest BCUT2D eigenvalue weighted by Gasteiger charge is -2.40. The summed E-state index contributed by atoms with van der Waals surface area (Å²) in [5, 5.41) is 16.3. The Labute approximate surface area is 393 Å². The molecule has 13 aromatic rings. The Morgan fingerprint density at radius 1 is 0.478 bits per heavy atom. The second-order valence-electron chi connectivity index (χ2n) is 17.8. The van der Waals surface area contributed by atoms with E-state index in [9.17, 15) is 5.26 Å². The third-order valence-corrected chi connectivity index (χ3v) is 14.5. The van der Waals surface area contributed by atoms with Crippen LogP contribution in [0.25, 0.3) is 98.7 Å². The minimum Gasteiger partial charge on any atom is -0.457 e. The van der Waals surface area contributed by atoms with Crippen LogP contribution in [0.1, 0.15) is 27.8 Å². The van der Waals surface area contributed by atoms with Crippen molar-refractivity contribution in [3.8, 4) is 46.0 Å². The average molecular weight is 881 g/mol. The molecule has 2 aliphatic rings. The summed E-state index contributed by atoms with van der Waals surface area (Å²) in [5.41, 5.74) is 14.0. The lowest BCUT2D eigenvalue weighted by molar-refractivity contribution is 0.435. The summed E-state index contributed by atoms with van der Waals surface area (Å²) in [6.07, 6.45) is 5.62. The number of hydrogen-bond acceptors (Lipinski definition) is 5. The molecule has 69 heavy (non-hydrogen) atoms. The van der Waals surface area contributed by atoms with Crippen molar-refractivity contribution >= 4 is 71.2 Å². The minimum atomic E-state index is -0.994. The van der Waals surface area contributed by atoms with Gasteiger partial charge < -0.3 is 23.3 Å². The van der Waals surface area contributed by atoms with Gasteiger partial charge in [-0.15, -0.1) is 4.98 Å². The molecule has 1 unspecified atom stereocenters.